The Morgan fingerprint density at radius 3 is 2.60 bits per heavy atom. The van der Waals surface area contributed by atoms with Crippen molar-refractivity contribution < 1.29 is 8.42 Å². The summed E-state index contributed by atoms with van der Waals surface area (Å²) in [6, 6.07) is 7.26. The molecule has 136 valence electrons. The zero-order valence-electron chi connectivity index (χ0n) is 15.1. The third kappa shape index (κ3) is 5.32. The molecule has 0 radical (unpaired) electrons. The van der Waals surface area contributed by atoms with Gasteiger partial charge < -0.3 is 10.6 Å². The Balaban J connectivity index is 2.08. The summed E-state index contributed by atoms with van der Waals surface area (Å²) in [5.41, 5.74) is 2.75. The van der Waals surface area contributed by atoms with Crippen LogP contribution in [0.25, 0.3) is 0 Å². The van der Waals surface area contributed by atoms with Crippen LogP contribution in [0.1, 0.15) is 23.7 Å². The van der Waals surface area contributed by atoms with Gasteiger partial charge in [-0.15, -0.1) is 0 Å². The summed E-state index contributed by atoms with van der Waals surface area (Å²) >= 11 is 0. The van der Waals surface area contributed by atoms with Crippen LogP contribution in [-0.2, 0) is 30.0 Å². The molecule has 0 aliphatic heterocycles. The maximum absolute atomic E-state index is 11.7. The van der Waals surface area contributed by atoms with E-state index in [-0.39, 0.29) is 0 Å². The van der Waals surface area contributed by atoms with Crippen LogP contribution in [0.2, 0.25) is 0 Å². The lowest BCUT2D eigenvalue weighted by atomic mass is 10.1. The first-order chi connectivity index (χ1) is 11.8. The molecule has 0 aliphatic carbocycles. The molecular weight excluding hydrogens is 338 g/mol. The maximum Gasteiger partial charge on any atom is 0.191 e. The summed E-state index contributed by atoms with van der Waals surface area (Å²) < 4.78 is 25.2. The summed E-state index contributed by atoms with van der Waals surface area (Å²) in [5, 5.41) is 10.6. The fourth-order valence-corrected chi connectivity index (χ4v) is 3.45. The number of sulfone groups is 1. The molecule has 0 bridgehead atoms. The molecule has 25 heavy (non-hydrogen) atoms. The Kier molecular flexibility index (Phi) is 6.19. The van der Waals surface area contributed by atoms with Crippen molar-refractivity contribution in [2.24, 2.45) is 12.0 Å². The van der Waals surface area contributed by atoms with E-state index in [0.717, 1.165) is 23.4 Å². The number of aliphatic imine (C=N–C) groups is 1. The van der Waals surface area contributed by atoms with E-state index in [1.807, 2.05) is 30.8 Å². The molecule has 0 aliphatic rings. The van der Waals surface area contributed by atoms with E-state index >= 15 is 0 Å². The van der Waals surface area contributed by atoms with Crippen molar-refractivity contribution in [3.63, 3.8) is 0 Å². The fourth-order valence-electron chi connectivity index (χ4n) is 2.49. The Morgan fingerprint density at radius 1 is 1.28 bits per heavy atom. The number of nitrogens with zero attached hydrogens (tertiary/aromatic N) is 3. The number of rotatable bonds is 6. The van der Waals surface area contributed by atoms with E-state index in [0.29, 0.717) is 23.9 Å². The quantitative estimate of drug-likeness (QED) is 0.598. The second-order valence-electron chi connectivity index (χ2n) is 5.87. The fraction of sp³-hybridized carbons (Fsp3) is 0.412. The predicted octanol–water partition coefficient (Wildman–Crippen LogP) is 1.39. The number of aryl methyl sites for hydroxylation is 2. The first-order valence-electron chi connectivity index (χ1n) is 8.10. The van der Waals surface area contributed by atoms with E-state index in [1.165, 1.54) is 6.26 Å². The lowest BCUT2D eigenvalue weighted by molar-refractivity contribution is 0.601. The number of nitrogens with one attached hydrogen (secondary N) is 2. The van der Waals surface area contributed by atoms with E-state index in [9.17, 15) is 8.42 Å². The number of benzene rings is 1. The summed E-state index contributed by atoms with van der Waals surface area (Å²) in [6.45, 7) is 5.64. The molecule has 8 heteroatoms. The molecule has 7 nitrogen and oxygen atoms in total. The standard InChI is InChI=1S/C17H25N5O2S/c1-5-18-17(20-12-15-8-9-21-22(15)3)19-11-14-6-7-16(13(2)10-14)25(4,23)24/h6-10H,5,11-12H2,1-4H3,(H2,18,19,20). The average Bonchev–Trinajstić information content (AvgIpc) is 2.94. The van der Waals surface area contributed by atoms with Crippen molar-refractivity contribution in [3.8, 4) is 0 Å². The molecule has 1 aromatic carbocycles. The van der Waals surface area contributed by atoms with Crippen LogP contribution in [0.4, 0.5) is 0 Å². The van der Waals surface area contributed by atoms with Gasteiger partial charge in [-0.2, -0.15) is 5.10 Å². The molecule has 1 aromatic heterocycles. The van der Waals surface area contributed by atoms with Gasteiger partial charge in [0.25, 0.3) is 0 Å². The van der Waals surface area contributed by atoms with Crippen LogP contribution < -0.4 is 10.6 Å². The van der Waals surface area contributed by atoms with Crippen LogP contribution in [-0.4, -0.2) is 37.0 Å². The molecular formula is C17H25N5O2S. The molecule has 0 saturated heterocycles. The Bertz CT molecular complexity index is 856. The predicted molar refractivity (Wildman–Crippen MR) is 99.2 cm³/mol. The van der Waals surface area contributed by atoms with Crippen molar-refractivity contribution >= 4 is 15.8 Å². The largest absolute Gasteiger partial charge is 0.357 e. The van der Waals surface area contributed by atoms with Crippen molar-refractivity contribution in [1.82, 2.24) is 20.4 Å². The Hall–Kier alpha value is -2.35. The first kappa shape index (κ1) is 19.0. The van der Waals surface area contributed by atoms with Crippen LogP contribution in [0, 0.1) is 6.92 Å². The normalized spacial score (nSPS) is 12.2. The van der Waals surface area contributed by atoms with Crippen molar-refractivity contribution in [3.05, 3.63) is 47.3 Å². The monoisotopic (exact) mass is 363 g/mol. The van der Waals surface area contributed by atoms with Gasteiger partial charge in [0, 0.05) is 26.0 Å². The van der Waals surface area contributed by atoms with Gasteiger partial charge in [-0.3, -0.25) is 4.68 Å². The van der Waals surface area contributed by atoms with Gasteiger partial charge in [-0.25, -0.2) is 13.4 Å². The maximum atomic E-state index is 11.7. The summed E-state index contributed by atoms with van der Waals surface area (Å²) in [6.07, 6.45) is 2.98. The lowest BCUT2D eigenvalue weighted by Crippen LogP contribution is -2.37. The summed E-state index contributed by atoms with van der Waals surface area (Å²) in [4.78, 5) is 4.92. The Labute approximate surface area is 149 Å². The molecule has 2 N–H and O–H groups in total. The average molecular weight is 363 g/mol. The lowest BCUT2D eigenvalue weighted by Gasteiger charge is -2.12. The second kappa shape index (κ2) is 8.15. The topological polar surface area (TPSA) is 88.4 Å². The van der Waals surface area contributed by atoms with E-state index in [2.05, 4.69) is 20.7 Å². The molecule has 0 spiro atoms. The highest BCUT2D eigenvalue weighted by molar-refractivity contribution is 7.90. The third-order valence-corrected chi connectivity index (χ3v) is 5.02. The summed E-state index contributed by atoms with van der Waals surface area (Å²) in [5.74, 6) is 0.702. The van der Waals surface area contributed by atoms with Crippen LogP contribution in [0.5, 0.6) is 0 Å². The highest BCUT2D eigenvalue weighted by Crippen LogP contribution is 2.17. The van der Waals surface area contributed by atoms with Gasteiger partial charge in [0.05, 0.1) is 23.7 Å². The van der Waals surface area contributed by atoms with Gasteiger partial charge in [-0.1, -0.05) is 12.1 Å². The SMILES string of the molecule is CCNC(=NCc1ccc(S(C)(=O)=O)c(C)c1)NCc1ccnn1C. The number of guanidine groups is 1. The van der Waals surface area contributed by atoms with Crippen LogP contribution in [0.15, 0.2) is 40.4 Å². The van der Waals surface area contributed by atoms with Gasteiger partial charge in [-0.05, 0) is 37.1 Å². The molecule has 0 saturated carbocycles. The second-order valence-corrected chi connectivity index (χ2v) is 7.85. The molecule has 2 aromatic rings. The van der Waals surface area contributed by atoms with Crippen LogP contribution in [0.3, 0.4) is 0 Å². The van der Waals surface area contributed by atoms with Gasteiger partial charge in [0.15, 0.2) is 15.8 Å². The van der Waals surface area contributed by atoms with Gasteiger partial charge in [0.2, 0.25) is 0 Å². The van der Waals surface area contributed by atoms with E-state index in [4.69, 9.17) is 0 Å². The first-order valence-corrected chi connectivity index (χ1v) is 9.99. The van der Waals surface area contributed by atoms with Crippen molar-refractivity contribution in [2.45, 2.75) is 31.8 Å². The third-order valence-electron chi connectivity index (χ3n) is 3.76. The highest BCUT2D eigenvalue weighted by atomic mass is 32.2. The smallest absolute Gasteiger partial charge is 0.191 e. The Morgan fingerprint density at radius 2 is 2.04 bits per heavy atom. The molecule has 0 amide bonds. The zero-order valence-corrected chi connectivity index (χ0v) is 15.9. The number of hydrogen-bond donors (Lipinski definition) is 2. The van der Waals surface area contributed by atoms with Gasteiger partial charge in [0.1, 0.15) is 0 Å². The van der Waals surface area contributed by atoms with E-state index < -0.39 is 9.84 Å². The van der Waals surface area contributed by atoms with Crippen molar-refractivity contribution in [2.75, 3.05) is 12.8 Å². The van der Waals surface area contributed by atoms with Crippen molar-refractivity contribution in [1.29, 1.82) is 0 Å². The summed E-state index contributed by atoms with van der Waals surface area (Å²) in [7, 11) is -1.30. The number of hydrogen-bond acceptors (Lipinski definition) is 4. The molecule has 0 unspecified atom stereocenters. The molecule has 0 fully saturated rings. The molecule has 1 heterocycles. The molecule has 2 rings (SSSR count). The highest BCUT2D eigenvalue weighted by Gasteiger charge is 2.10. The van der Waals surface area contributed by atoms with E-state index in [1.54, 1.807) is 25.3 Å². The zero-order chi connectivity index (χ0) is 18.4. The minimum absolute atomic E-state index is 0.362. The minimum atomic E-state index is -3.20. The van der Waals surface area contributed by atoms with Crippen LogP contribution >= 0.6 is 0 Å². The molecule has 0 atom stereocenters. The minimum Gasteiger partial charge on any atom is -0.357 e. The number of aromatic nitrogens is 2. The van der Waals surface area contributed by atoms with Gasteiger partial charge >= 0.3 is 0 Å².